The summed E-state index contributed by atoms with van der Waals surface area (Å²) in [6, 6.07) is 13.7. The lowest BCUT2D eigenvalue weighted by atomic mass is 10.1. The molecule has 1 unspecified atom stereocenters. The van der Waals surface area contributed by atoms with E-state index in [9.17, 15) is 4.79 Å². The Kier molecular flexibility index (Phi) is 9.30. The first-order chi connectivity index (χ1) is 14.0. The second-order valence-electron chi connectivity index (χ2n) is 6.96. The zero-order valence-electron chi connectivity index (χ0n) is 17.5. The van der Waals surface area contributed by atoms with Crippen molar-refractivity contribution in [3.05, 3.63) is 48.0 Å². The van der Waals surface area contributed by atoms with E-state index >= 15 is 0 Å². The van der Waals surface area contributed by atoms with E-state index < -0.39 is 0 Å². The first-order valence-corrected chi connectivity index (χ1v) is 10.6. The number of aliphatic hydroxyl groups excluding tert-OH is 1. The van der Waals surface area contributed by atoms with E-state index in [0.29, 0.717) is 13.2 Å². The molecule has 0 radical (unpaired) electrons. The van der Waals surface area contributed by atoms with Crippen molar-refractivity contribution in [1.29, 1.82) is 0 Å². The number of amides is 1. The number of hydrogen-bond acceptors (Lipinski definition) is 6. The molecule has 8 heteroatoms. The molecule has 1 aliphatic heterocycles. The van der Waals surface area contributed by atoms with Gasteiger partial charge in [-0.25, -0.2) is 0 Å². The van der Waals surface area contributed by atoms with Gasteiger partial charge >= 0.3 is 0 Å². The third kappa shape index (κ3) is 5.60. The molecular formula is C22H29ClN2O4S. The Balaban J connectivity index is 0.00000320. The van der Waals surface area contributed by atoms with Gasteiger partial charge in [-0.2, -0.15) is 0 Å². The minimum Gasteiger partial charge on any atom is -0.497 e. The number of benzene rings is 2. The van der Waals surface area contributed by atoms with E-state index in [4.69, 9.17) is 14.6 Å². The van der Waals surface area contributed by atoms with Gasteiger partial charge in [0.1, 0.15) is 16.9 Å². The lowest BCUT2D eigenvalue weighted by molar-refractivity contribution is -0.116. The van der Waals surface area contributed by atoms with Crippen LogP contribution in [0.15, 0.2) is 47.4 Å². The molecule has 1 heterocycles. The fourth-order valence-corrected chi connectivity index (χ4v) is 4.73. The summed E-state index contributed by atoms with van der Waals surface area (Å²) < 4.78 is 11.5. The lowest BCUT2D eigenvalue weighted by Gasteiger charge is -2.25. The van der Waals surface area contributed by atoms with Gasteiger partial charge in [0.2, 0.25) is 5.91 Å². The van der Waals surface area contributed by atoms with Gasteiger partial charge in [-0.1, -0.05) is 23.9 Å². The van der Waals surface area contributed by atoms with Crippen molar-refractivity contribution in [2.24, 2.45) is 0 Å². The Bertz CT molecular complexity index is 852. The summed E-state index contributed by atoms with van der Waals surface area (Å²) in [6.07, 6.45) is 0.844. The van der Waals surface area contributed by atoms with Gasteiger partial charge in [0.15, 0.2) is 0 Å². The SMILES string of the molecule is COc1ccc(OCCCN(C)CCO)c(C2Sc3ccccc3N2C(C)=O)c1.Cl. The quantitative estimate of drug-likeness (QED) is 0.581. The summed E-state index contributed by atoms with van der Waals surface area (Å²) >= 11 is 1.64. The Morgan fingerprint density at radius 1 is 1.23 bits per heavy atom. The summed E-state index contributed by atoms with van der Waals surface area (Å²) in [5.41, 5.74) is 1.85. The van der Waals surface area contributed by atoms with E-state index in [1.54, 1.807) is 25.8 Å². The molecule has 0 spiro atoms. The maximum absolute atomic E-state index is 12.5. The fourth-order valence-electron chi connectivity index (χ4n) is 3.37. The van der Waals surface area contributed by atoms with Crippen molar-refractivity contribution in [3.8, 4) is 11.5 Å². The van der Waals surface area contributed by atoms with Crippen molar-refractivity contribution in [3.63, 3.8) is 0 Å². The Morgan fingerprint density at radius 2 is 2.00 bits per heavy atom. The van der Waals surface area contributed by atoms with Crippen LogP contribution in [0.4, 0.5) is 5.69 Å². The highest BCUT2D eigenvalue weighted by atomic mass is 35.5. The number of fused-ring (bicyclic) bond motifs is 1. The Labute approximate surface area is 188 Å². The predicted octanol–water partition coefficient (Wildman–Crippen LogP) is 3.97. The minimum absolute atomic E-state index is 0. The fraction of sp³-hybridized carbons (Fsp3) is 0.409. The highest BCUT2D eigenvalue weighted by Crippen LogP contribution is 2.53. The van der Waals surface area contributed by atoms with Crippen LogP contribution in [0.25, 0.3) is 0 Å². The van der Waals surface area contributed by atoms with Gasteiger partial charge in [0.05, 0.1) is 26.0 Å². The molecule has 0 saturated heterocycles. The van der Waals surface area contributed by atoms with Crippen LogP contribution in [0, 0.1) is 0 Å². The van der Waals surface area contributed by atoms with Crippen LogP contribution >= 0.6 is 24.2 Å². The number of carbonyl (C=O) groups is 1. The monoisotopic (exact) mass is 452 g/mol. The number of methoxy groups -OCH3 is 1. The maximum atomic E-state index is 12.5. The van der Waals surface area contributed by atoms with Crippen molar-refractivity contribution in [2.45, 2.75) is 23.6 Å². The number of nitrogens with zero attached hydrogens (tertiary/aromatic N) is 2. The average Bonchev–Trinajstić information content (AvgIpc) is 3.11. The smallest absolute Gasteiger partial charge is 0.225 e. The van der Waals surface area contributed by atoms with Crippen molar-refractivity contribution in [1.82, 2.24) is 4.90 Å². The number of thioether (sulfide) groups is 1. The summed E-state index contributed by atoms with van der Waals surface area (Å²) in [5, 5.41) is 8.80. The van der Waals surface area contributed by atoms with Crippen molar-refractivity contribution in [2.75, 3.05) is 45.4 Å². The summed E-state index contributed by atoms with van der Waals surface area (Å²) in [7, 11) is 3.61. The van der Waals surface area contributed by atoms with Crippen LogP contribution in [-0.2, 0) is 4.79 Å². The summed E-state index contributed by atoms with van der Waals surface area (Å²) in [4.78, 5) is 17.4. The first kappa shape index (κ1) is 24.3. The number of hydrogen-bond donors (Lipinski definition) is 1. The van der Waals surface area contributed by atoms with E-state index in [0.717, 1.165) is 40.6 Å². The number of aliphatic hydroxyl groups is 1. The zero-order chi connectivity index (χ0) is 20.8. The normalized spacial score (nSPS) is 15.0. The second-order valence-corrected chi connectivity index (χ2v) is 8.08. The van der Waals surface area contributed by atoms with Gasteiger partial charge in [0, 0.05) is 30.5 Å². The minimum atomic E-state index is -0.202. The van der Waals surface area contributed by atoms with E-state index in [-0.39, 0.29) is 30.3 Å². The van der Waals surface area contributed by atoms with Crippen LogP contribution in [0.3, 0.4) is 0 Å². The third-order valence-electron chi connectivity index (χ3n) is 4.84. The van der Waals surface area contributed by atoms with E-state index in [1.807, 2.05) is 54.4 Å². The average molecular weight is 453 g/mol. The van der Waals surface area contributed by atoms with Crippen LogP contribution in [0.1, 0.15) is 24.3 Å². The van der Waals surface area contributed by atoms with Crippen LogP contribution in [0.2, 0.25) is 0 Å². The molecule has 0 saturated carbocycles. The van der Waals surface area contributed by atoms with Gasteiger partial charge < -0.3 is 19.5 Å². The van der Waals surface area contributed by atoms with Crippen LogP contribution in [-0.4, -0.2) is 56.4 Å². The lowest BCUT2D eigenvalue weighted by Crippen LogP contribution is -2.28. The number of likely N-dealkylation sites (N-methyl/N-ethyl adjacent to an activating group) is 1. The number of ether oxygens (including phenoxy) is 2. The highest BCUT2D eigenvalue weighted by Gasteiger charge is 2.35. The number of halogens is 1. The topological polar surface area (TPSA) is 62.2 Å². The van der Waals surface area contributed by atoms with Crippen molar-refractivity contribution >= 4 is 35.8 Å². The molecule has 1 aliphatic rings. The molecule has 1 atom stereocenters. The Morgan fingerprint density at radius 3 is 2.70 bits per heavy atom. The van der Waals surface area contributed by atoms with Crippen molar-refractivity contribution < 1.29 is 19.4 Å². The number of carbonyl (C=O) groups excluding carboxylic acids is 1. The van der Waals surface area contributed by atoms with Gasteiger partial charge in [-0.15, -0.1) is 12.4 Å². The predicted molar refractivity (Wildman–Crippen MR) is 123 cm³/mol. The largest absolute Gasteiger partial charge is 0.497 e. The summed E-state index contributed by atoms with van der Waals surface area (Å²) in [6.45, 7) is 3.79. The molecule has 0 fully saturated rings. The standard InChI is InChI=1S/C22H28N2O4S.ClH/c1-16(26)24-19-7-4-5-8-21(19)29-22(24)18-15-17(27-3)9-10-20(18)28-14-6-11-23(2)12-13-25;/h4-5,7-10,15,22,25H,6,11-14H2,1-3H3;1H. The molecule has 2 aromatic rings. The van der Waals surface area contributed by atoms with Crippen LogP contribution in [0.5, 0.6) is 11.5 Å². The first-order valence-electron chi connectivity index (χ1n) is 9.70. The molecule has 3 rings (SSSR count). The molecule has 164 valence electrons. The summed E-state index contributed by atoms with van der Waals surface area (Å²) in [5.74, 6) is 1.48. The molecule has 30 heavy (non-hydrogen) atoms. The second kappa shape index (κ2) is 11.5. The molecular weight excluding hydrogens is 424 g/mol. The van der Waals surface area contributed by atoms with Crippen LogP contribution < -0.4 is 14.4 Å². The molecule has 1 amide bonds. The number of anilines is 1. The highest BCUT2D eigenvalue weighted by molar-refractivity contribution is 8.00. The van der Waals surface area contributed by atoms with Gasteiger partial charge in [-0.05, 0) is 43.8 Å². The maximum Gasteiger partial charge on any atom is 0.225 e. The van der Waals surface area contributed by atoms with E-state index in [1.165, 1.54) is 0 Å². The zero-order valence-corrected chi connectivity index (χ0v) is 19.2. The molecule has 0 aromatic heterocycles. The van der Waals surface area contributed by atoms with Gasteiger partial charge in [0.25, 0.3) is 0 Å². The third-order valence-corrected chi connectivity index (χ3v) is 6.13. The van der Waals surface area contributed by atoms with E-state index in [2.05, 4.69) is 4.90 Å². The molecule has 2 aromatic carbocycles. The molecule has 1 N–H and O–H groups in total. The Hall–Kier alpha value is -1.93. The molecule has 6 nitrogen and oxygen atoms in total. The number of rotatable bonds is 9. The van der Waals surface area contributed by atoms with Gasteiger partial charge in [-0.3, -0.25) is 9.69 Å². The molecule has 0 aliphatic carbocycles. The molecule has 0 bridgehead atoms. The number of para-hydroxylation sites is 1.